The maximum absolute atomic E-state index is 10.1. The Morgan fingerprint density at radius 1 is 1.43 bits per heavy atom. The molecule has 0 heterocycles. The molecule has 0 saturated heterocycles. The summed E-state index contributed by atoms with van der Waals surface area (Å²) in [5.41, 5.74) is 0. The van der Waals surface area contributed by atoms with Gasteiger partial charge in [0.25, 0.3) is 0 Å². The smallest absolute Gasteiger partial charge is 0.379 e. The second kappa shape index (κ2) is 3.99. The van der Waals surface area contributed by atoms with Gasteiger partial charge in [-0.25, -0.2) is 0 Å². The monoisotopic (exact) mass is 117 g/mol. The van der Waals surface area contributed by atoms with Crippen LogP contribution in [0.3, 0.4) is 0 Å². The van der Waals surface area contributed by atoms with Crippen molar-refractivity contribution in [1.82, 2.24) is 4.57 Å². The minimum atomic E-state index is -0.678. The predicted octanol–water partition coefficient (Wildman–Crippen LogP) is 0.0252. The first-order valence-corrected chi connectivity index (χ1v) is 3.53. The van der Waals surface area contributed by atoms with Gasteiger partial charge in [-0.2, -0.15) is 0 Å². The lowest BCUT2D eigenvalue weighted by molar-refractivity contribution is 0.441. The average molecular weight is 117 g/mol. The van der Waals surface area contributed by atoms with E-state index in [0.29, 0.717) is 0 Å². The second-order valence-electron chi connectivity index (χ2n) is 1.33. The zero-order valence-corrected chi connectivity index (χ0v) is 6.00. The summed E-state index contributed by atoms with van der Waals surface area (Å²) in [7, 11) is -0.678. The SMILES string of the molecule is CCN(CC)[SiH]=O. The van der Waals surface area contributed by atoms with Crippen molar-refractivity contribution in [2.45, 2.75) is 13.8 Å². The highest BCUT2D eigenvalue weighted by atomic mass is 28.2. The fourth-order valence-corrected chi connectivity index (χ4v) is 0.671. The number of hydrogen-bond acceptors (Lipinski definition) is 1. The minimum Gasteiger partial charge on any atom is -0.380 e. The molecule has 0 fully saturated rings. The quantitative estimate of drug-likeness (QED) is 0.486. The average Bonchev–Trinajstić information content (AvgIpc) is 1.72. The Labute approximate surface area is 46.5 Å². The summed E-state index contributed by atoms with van der Waals surface area (Å²) in [4.78, 5) is 0. The number of hydrogen-bond donors (Lipinski definition) is 0. The van der Waals surface area contributed by atoms with Crippen molar-refractivity contribution in [3.63, 3.8) is 0 Å². The van der Waals surface area contributed by atoms with Crippen LogP contribution in [-0.4, -0.2) is 27.2 Å². The number of rotatable bonds is 3. The maximum atomic E-state index is 10.1. The van der Waals surface area contributed by atoms with Gasteiger partial charge in [-0.05, 0) is 13.8 Å². The van der Waals surface area contributed by atoms with Gasteiger partial charge in [-0.15, -0.1) is 0 Å². The normalized spacial score (nSPS) is 8.29. The van der Waals surface area contributed by atoms with E-state index in [9.17, 15) is 4.46 Å². The molecule has 0 rings (SSSR count). The molecule has 2 nitrogen and oxygen atoms in total. The Morgan fingerprint density at radius 2 is 1.86 bits per heavy atom. The molecule has 0 N–H and O–H groups in total. The van der Waals surface area contributed by atoms with Crippen molar-refractivity contribution in [3.05, 3.63) is 0 Å². The molecule has 0 amide bonds. The van der Waals surface area contributed by atoms with Gasteiger partial charge in [0.1, 0.15) is 0 Å². The van der Waals surface area contributed by atoms with E-state index in [1.807, 2.05) is 18.4 Å². The maximum Gasteiger partial charge on any atom is 0.379 e. The molecule has 3 heteroatoms. The first-order valence-electron chi connectivity index (χ1n) is 2.54. The van der Waals surface area contributed by atoms with Crippen LogP contribution in [0.4, 0.5) is 0 Å². The summed E-state index contributed by atoms with van der Waals surface area (Å²) < 4.78 is 12.0. The zero-order valence-electron chi connectivity index (χ0n) is 4.85. The highest BCUT2D eigenvalue weighted by Gasteiger charge is 1.88. The van der Waals surface area contributed by atoms with Crippen molar-refractivity contribution >= 4 is 9.57 Å². The fraction of sp³-hybridized carbons (Fsp3) is 1.00. The van der Waals surface area contributed by atoms with Crippen molar-refractivity contribution in [2.75, 3.05) is 13.1 Å². The molecule has 0 aromatic carbocycles. The molecule has 42 valence electrons. The molecule has 0 spiro atoms. The molecule has 0 bridgehead atoms. The van der Waals surface area contributed by atoms with E-state index < -0.39 is 9.57 Å². The molecule has 0 aromatic rings. The number of nitrogens with zero attached hydrogens (tertiary/aromatic N) is 1. The Bertz CT molecular complexity index is 53.7. The van der Waals surface area contributed by atoms with E-state index >= 15 is 0 Å². The Kier molecular flexibility index (Phi) is 3.88. The van der Waals surface area contributed by atoms with Gasteiger partial charge in [0.2, 0.25) is 0 Å². The van der Waals surface area contributed by atoms with E-state index in [-0.39, 0.29) is 0 Å². The van der Waals surface area contributed by atoms with E-state index in [2.05, 4.69) is 0 Å². The van der Waals surface area contributed by atoms with Gasteiger partial charge in [0.05, 0.1) is 0 Å². The van der Waals surface area contributed by atoms with Crippen LogP contribution < -0.4 is 0 Å². The van der Waals surface area contributed by atoms with Crippen LogP contribution in [0.5, 0.6) is 0 Å². The van der Waals surface area contributed by atoms with Gasteiger partial charge in [-0.1, -0.05) is 0 Å². The summed E-state index contributed by atoms with van der Waals surface area (Å²) in [6.45, 7) is 5.84. The molecule has 0 aliphatic heterocycles. The van der Waals surface area contributed by atoms with Crippen LogP contribution in [0.15, 0.2) is 0 Å². The second-order valence-corrected chi connectivity index (χ2v) is 2.27. The molecule has 0 saturated carbocycles. The summed E-state index contributed by atoms with van der Waals surface area (Å²) in [5.74, 6) is 0. The van der Waals surface area contributed by atoms with Crippen molar-refractivity contribution < 1.29 is 4.46 Å². The van der Waals surface area contributed by atoms with Crippen LogP contribution in [0, 0.1) is 0 Å². The Balaban J connectivity index is 3.16. The minimum absolute atomic E-state index is 0.678. The molecule has 0 unspecified atom stereocenters. The standard InChI is InChI=1S/C4H11NOSi/c1-3-5(4-2)7-6/h7H,3-4H2,1-2H3. The topological polar surface area (TPSA) is 20.3 Å². The van der Waals surface area contributed by atoms with Crippen LogP contribution in [0.1, 0.15) is 13.8 Å². The van der Waals surface area contributed by atoms with Crippen LogP contribution in [0.25, 0.3) is 0 Å². The highest BCUT2D eigenvalue weighted by molar-refractivity contribution is 6.12. The predicted molar refractivity (Wildman–Crippen MR) is 30.8 cm³/mol. The summed E-state index contributed by atoms with van der Waals surface area (Å²) >= 11 is 0. The highest BCUT2D eigenvalue weighted by Crippen LogP contribution is 1.74. The van der Waals surface area contributed by atoms with Gasteiger partial charge in [-0.3, -0.25) is 0 Å². The third-order valence-electron chi connectivity index (χ3n) is 0.961. The molecule has 0 atom stereocenters. The lowest BCUT2D eigenvalue weighted by Crippen LogP contribution is -2.21. The molecule has 0 aliphatic carbocycles. The molecular formula is C4H11NOSi. The van der Waals surface area contributed by atoms with Crippen LogP contribution >= 0.6 is 0 Å². The first-order chi connectivity index (χ1) is 3.35. The van der Waals surface area contributed by atoms with E-state index in [4.69, 9.17) is 0 Å². The first kappa shape index (κ1) is 6.82. The third kappa shape index (κ3) is 2.50. The summed E-state index contributed by atoms with van der Waals surface area (Å²) in [5, 5.41) is 0. The Morgan fingerprint density at radius 3 is 1.86 bits per heavy atom. The lowest BCUT2D eigenvalue weighted by atomic mass is 10.7. The zero-order chi connectivity index (χ0) is 5.70. The van der Waals surface area contributed by atoms with E-state index in [1.165, 1.54) is 0 Å². The van der Waals surface area contributed by atoms with Gasteiger partial charge in [0, 0.05) is 13.1 Å². The Hall–Kier alpha value is -0.183. The van der Waals surface area contributed by atoms with Crippen molar-refractivity contribution in [2.24, 2.45) is 0 Å². The molecule has 0 aliphatic rings. The lowest BCUT2D eigenvalue weighted by Gasteiger charge is -2.09. The molecule has 0 radical (unpaired) electrons. The van der Waals surface area contributed by atoms with Crippen molar-refractivity contribution in [1.29, 1.82) is 0 Å². The van der Waals surface area contributed by atoms with E-state index in [0.717, 1.165) is 13.1 Å². The third-order valence-corrected chi connectivity index (χ3v) is 1.99. The van der Waals surface area contributed by atoms with Crippen LogP contribution in [0.2, 0.25) is 0 Å². The van der Waals surface area contributed by atoms with E-state index in [1.54, 1.807) is 0 Å². The molecule has 0 aromatic heterocycles. The van der Waals surface area contributed by atoms with Crippen molar-refractivity contribution in [3.8, 4) is 0 Å². The summed E-state index contributed by atoms with van der Waals surface area (Å²) in [6.07, 6.45) is 0. The van der Waals surface area contributed by atoms with Gasteiger partial charge >= 0.3 is 9.57 Å². The van der Waals surface area contributed by atoms with Crippen LogP contribution in [-0.2, 0) is 4.46 Å². The fourth-order valence-electron chi connectivity index (χ4n) is 0.373. The summed E-state index contributed by atoms with van der Waals surface area (Å²) in [6, 6.07) is 0. The van der Waals surface area contributed by atoms with Gasteiger partial charge < -0.3 is 9.03 Å². The molecular weight excluding hydrogens is 106 g/mol. The molecule has 7 heavy (non-hydrogen) atoms. The van der Waals surface area contributed by atoms with Gasteiger partial charge in [0.15, 0.2) is 0 Å². The largest absolute Gasteiger partial charge is 0.380 e.